The maximum atomic E-state index is 13.6. The van der Waals surface area contributed by atoms with E-state index in [1.165, 1.54) is 0 Å². The van der Waals surface area contributed by atoms with Crippen LogP contribution in [0, 0.1) is 6.92 Å². The van der Waals surface area contributed by atoms with Crippen molar-refractivity contribution in [3.8, 4) is 11.4 Å². The number of aryl methyl sites for hydroxylation is 1. The lowest BCUT2D eigenvalue weighted by molar-refractivity contribution is 0.103. The lowest BCUT2D eigenvalue weighted by atomic mass is 9.81. The van der Waals surface area contributed by atoms with Crippen LogP contribution in [0.15, 0.2) is 84.4 Å². The van der Waals surface area contributed by atoms with Crippen LogP contribution in [-0.2, 0) is 0 Å². The second kappa shape index (κ2) is 7.48. The second-order valence-corrected chi connectivity index (χ2v) is 8.32. The van der Waals surface area contributed by atoms with E-state index < -0.39 is 0 Å². The molecule has 1 aromatic heterocycles. The van der Waals surface area contributed by atoms with Crippen molar-refractivity contribution < 1.29 is 9.53 Å². The van der Waals surface area contributed by atoms with Crippen molar-refractivity contribution in [2.45, 2.75) is 19.8 Å². The number of carbonyl (C=O) groups is 1. The van der Waals surface area contributed by atoms with E-state index in [0.717, 1.165) is 56.5 Å². The van der Waals surface area contributed by atoms with E-state index in [1.807, 2.05) is 85.3 Å². The number of hydrogen-bond acceptors (Lipinski definition) is 4. The maximum absolute atomic E-state index is 13.6. The second-order valence-electron chi connectivity index (χ2n) is 8.32. The van der Waals surface area contributed by atoms with Crippen molar-refractivity contribution in [1.29, 1.82) is 0 Å². The zero-order chi connectivity index (χ0) is 22.5. The molecule has 2 aliphatic rings. The van der Waals surface area contributed by atoms with E-state index in [0.29, 0.717) is 6.61 Å². The molecule has 1 N–H and O–H groups in total. The van der Waals surface area contributed by atoms with Crippen LogP contribution < -0.4 is 10.1 Å². The first-order chi connectivity index (χ1) is 16.2. The molecule has 2 heterocycles. The molecule has 1 aliphatic heterocycles. The molecule has 162 valence electrons. The molecule has 0 saturated heterocycles. The van der Waals surface area contributed by atoms with Crippen molar-refractivity contribution in [3.63, 3.8) is 0 Å². The van der Waals surface area contributed by atoms with Gasteiger partial charge in [0.05, 0.1) is 23.7 Å². The van der Waals surface area contributed by atoms with Crippen LogP contribution in [0.1, 0.15) is 45.6 Å². The van der Waals surface area contributed by atoms with E-state index in [2.05, 4.69) is 17.4 Å². The third-order valence-corrected chi connectivity index (χ3v) is 6.41. The smallest absolute Gasteiger partial charge is 0.192 e. The fourth-order valence-electron chi connectivity index (χ4n) is 4.99. The molecular formula is C28H23N3O2. The molecule has 0 saturated carbocycles. The number of hydrogen-bond donors (Lipinski definition) is 1. The van der Waals surface area contributed by atoms with Crippen molar-refractivity contribution in [2.24, 2.45) is 0 Å². The van der Waals surface area contributed by atoms with Gasteiger partial charge in [0.25, 0.3) is 0 Å². The van der Waals surface area contributed by atoms with Gasteiger partial charge in [-0.25, -0.2) is 4.68 Å². The van der Waals surface area contributed by atoms with Crippen LogP contribution in [0.25, 0.3) is 11.4 Å². The van der Waals surface area contributed by atoms with Crippen LogP contribution in [0.4, 0.5) is 5.82 Å². The van der Waals surface area contributed by atoms with Gasteiger partial charge < -0.3 is 10.1 Å². The minimum absolute atomic E-state index is 0.0736. The van der Waals surface area contributed by atoms with Crippen LogP contribution >= 0.6 is 0 Å². The first kappa shape index (κ1) is 19.6. The van der Waals surface area contributed by atoms with Crippen LogP contribution in [0.5, 0.6) is 5.75 Å². The largest absolute Gasteiger partial charge is 0.494 e. The predicted octanol–water partition coefficient (Wildman–Crippen LogP) is 5.74. The monoisotopic (exact) mass is 433 g/mol. The minimum atomic E-state index is -0.218. The number of aromatic nitrogens is 2. The number of nitrogens with zero attached hydrogens (tertiary/aromatic N) is 2. The summed E-state index contributed by atoms with van der Waals surface area (Å²) in [6.45, 7) is 4.60. The molecule has 5 heteroatoms. The highest BCUT2D eigenvalue weighted by Crippen LogP contribution is 2.50. The summed E-state index contributed by atoms with van der Waals surface area (Å²) in [6, 6.07) is 26.0. The molecule has 0 spiro atoms. The number of para-hydroxylation sites is 1. The van der Waals surface area contributed by atoms with Crippen LogP contribution in [0.3, 0.4) is 0 Å². The van der Waals surface area contributed by atoms with Gasteiger partial charge in [0, 0.05) is 28.2 Å². The van der Waals surface area contributed by atoms with E-state index >= 15 is 0 Å². The first-order valence-corrected chi connectivity index (χ1v) is 11.2. The van der Waals surface area contributed by atoms with Gasteiger partial charge in [-0.2, -0.15) is 5.10 Å². The Morgan fingerprint density at radius 2 is 1.64 bits per heavy atom. The summed E-state index contributed by atoms with van der Waals surface area (Å²) in [4.78, 5) is 13.6. The van der Waals surface area contributed by atoms with Gasteiger partial charge in [0.15, 0.2) is 5.78 Å². The molecule has 6 rings (SSSR count). The molecule has 3 aromatic carbocycles. The Morgan fingerprint density at radius 3 is 2.36 bits per heavy atom. The van der Waals surface area contributed by atoms with Gasteiger partial charge >= 0.3 is 0 Å². The third kappa shape index (κ3) is 2.93. The molecule has 33 heavy (non-hydrogen) atoms. The molecule has 0 fully saturated rings. The quantitative estimate of drug-likeness (QED) is 0.446. The van der Waals surface area contributed by atoms with E-state index in [-0.39, 0.29) is 11.7 Å². The van der Waals surface area contributed by atoms with Crippen molar-refractivity contribution >= 4 is 17.3 Å². The standard InChI is InChI=1S/C28H23N3O2/c1-3-33-20-15-13-18(14-16-20)24-23-17(2)30-31(19-9-5-4-6-10-19)28(23)29-26-21-11-7-8-12-22(21)27(32)25(24)26/h4-16,24,29H,3H2,1-2H3/t24-/m0/s1. The van der Waals surface area contributed by atoms with E-state index in [9.17, 15) is 4.79 Å². The Morgan fingerprint density at radius 1 is 0.939 bits per heavy atom. The number of benzene rings is 3. The highest BCUT2D eigenvalue weighted by Gasteiger charge is 2.42. The summed E-state index contributed by atoms with van der Waals surface area (Å²) in [5.41, 5.74) is 7.29. The molecular weight excluding hydrogens is 410 g/mol. The zero-order valence-corrected chi connectivity index (χ0v) is 18.5. The lowest BCUT2D eigenvalue weighted by Gasteiger charge is -2.27. The molecule has 5 nitrogen and oxygen atoms in total. The minimum Gasteiger partial charge on any atom is -0.494 e. The lowest BCUT2D eigenvalue weighted by Crippen LogP contribution is -2.20. The summed E-state index contributed by atoms with van der Waals surface area (Å²) in [6.07, 6.45) is 0. The number of allylic oxidation sites excluding steroid dienone is 1. The fraction of sp³-hybridized carbons (Fsp3) is 0.143. The Kier molecular flexibility index (Phi) is 4.44. The van der Waals surface area contributed by atoms with E-state index in [1.54, 1.807) is 0 Å². The Balaban J connectivity index is 1.59. The number of carbonyl (C=O) groups excluding carboxylic acids is 1. The molecule has 1 aliphatic carbocycles. The average Bonchev–Trinajstić information content (AvgIpc) is 3.34. The number of ketones is 1. The molecule has 0 amide bonds. The van der Waals surface area contributed by atoms with Gasteiger partial charge in [0.1, 0.15) is 11.6 Å². The van der Waals surface area contributed by atoms with Gasteiger partial charge in [-0.3, -0.25) is 4.79 Å². The molecule has 0 bridgehead atoms. The van der Waals surface area contributed by atoms with E-state index in [4.69, 9.17) is 9.84 Å². The van der Waals surface area contributed by atoms with Crippen molar-refractivity contribution in [2.75, 3.05) is 11.9 Å². The Labute approximate surface area is 192 Å². The zero-order valence-electron chi connectivity index (χ0n) is 18.5. The topological polar surface area (TPSA) is 56.1 Å². The highest BCUT2D eigenvalue weighted by molar-refractivity contribution is 6.24. The van der Waals surface area contributed by atoms with Gasteiger partial charge in [0.2, 0.25) is 0 Å². The van der Waals surface area contributed by atoms with Crippen LogP contribution in [0.2, 0.25) is 0 Å². The maximum Gasteiger partial charge on any atom is 0.192 e. The van der Waals surface area contributed by atoms with Crippen molar-refractivity contribution in [1.82, 2.24) is 9.78 Å². The number of rotatable bonds is 4. The molecule has 0 unspecified atom stereocenters. The number of Topliss-reactive ketones (excluding diaryl/α,β-unsaturated/α-hetero) is 1. The summed E-state index contributed by atoms with van der Waals surface area (Å²) in [5, 5.41) is 8.48. The summed E-state index contributed by atoms with van der Waals surface area (Å²) in [5.74, 6) is 1.58. The fourth-order valence-corrected chi connectivity index (χ4v) is 4.99. The number of anilines is 1. The molecule has 4 aromatic rings. The van der Waals surface area contributed by atoms with Gasteiger partial charge in [-0.05, 0) is 43.7 Å². The van der Waals surface area contributed by atoms with Gasteiger partial charge in [-0.1, -0.05) is 54.6 Å². The number of fused-ring (bicyclic) bond motifs is 3. The number of ether oxygens (including phenoxy) is 1. The van der Waals surface area contributed by atoms with Crippen LogP contribution in [-0.4, -0.2) is 22.2 Å². The molecule has 1 atom stereocenters. The predicted molar refractivity (Wildman–Crippen MR) is 129 cm³/mol. The molecule has 0 radical (unpaired) electrons. The highest BCUT2D eigenvalue weighted by atomic mass is 16.5. The summed E-state index contributed by atoms with van der Waals surface area (Å²) >= 11 is 0. The van der Waals surface area contributed by atoms with Crippen molar-refractivity contribution in [3.05, 3.63) is 112 Å². The summed E-state index contributed by atoms with van der Waals surface area (Å²) < 4.78 is 7.60. The average molecular weight is 434 g/mol. The SMILES string of the molecule is CCOc1ccc([C@@H]2C3=C(Nc4c2c(C)nn4-c2ccccc2)c2ccccc2C3=O)cc1. The summed E-state index contributed by atoms with van der Waals surface area (Å²) in [7, 11) is 0. The normalized spacial score (nSPS) is 16.2. The third-order valence-electron chi connectivity index (χ3n) is 6.41. The Hall–Kier alpha value is -4.12. The van der Waals surface area contributed by atoms with Gasteiger partial charge in [-0.15, -0.1) is 0 Å². The first-order valence-electron chi connectivity index (χ1n) is 11.2. The number of nitrogens with one attached hydrogen (secondary N) is 1. The Bertz CT molecular complexity index is 1420.